The van der Waals surface area contributed by atoms with Gasteiger partial charge in [0.25, 0.3) is 0 Å². The van der Waals surface area contributed by atoms with E-state index in [2.05, 4.69) is 4.98 Å². The van der Waals surface area contributed by atoms with E-state index in [1.807, 2.05) is 12.1 Å². The Labute approximate surface area is 100 Å². The first-order chi connectivity index (χ1) is 8.15. The van der Waals surface area contributed by atoms with Gasteiger partial charge in [0.1, 0.15) is 11.2 Å². The Morgan fingerprint density at radius 2 is 2.41 bits per heavy atom. The van der Waals surface area contributed by atoms with Gasteiger partial charge in [0.05, 0.1) is 6.61 Å². The molecule has 0 N–H and O–H groups in total. The molecule has 0 spiro atoms. The van der Waals surface area contributed by atoms with Crippen molar-refractivity contribution in [3.63, 3.8) is 0 Å². The van der Waals surface area contributed by atoms with Crippen LogP contribution in [0.5, 0.6) is 0 Å². The molecule has 0 bridgehead atoms. The van der Waals surface area contributed by atoms with Gasteiger partial charge in [-0.2, -0.15) is 0 Å². The second-order valence-electron chi connectivity index (χ2n) is 4.39. The summed E-state index contributed by atoms with van der Waals surface area (Å²) in [5.41, 5.74) is 0.114. The van der Waals surface area contributed by atoms with E-state index in [-0.39, 0.29) is 11.8 Å². The number of carbonyl (C=O) groups is 2. The van der Waals surface area contributed by atoms with Crippen LogP contribution in [0.4, 0.5) is 0 Å². The molecule has 1 aromatic heterocycles. The minimum atomic E-state index is -0.921. The quantitative estimate of drug-likeness (QED) is 0.584. The first-order valence-corrected chi connectivity index (χ1v) is 5.72. The van der Waals surface area contributed by atoms with Crippen LogP contribution in [0.2, 0.25) is 0 Å². The Kier molecular flexibility index (Phi) is 3.22. The largest absolute Gasteiger partial charge is 0.465 e. The molecule has 1 aromatic rings. The van der Waals surface area contributed by atoms with Gasteiger partial charge < -0.3 is 4.74 Å². The van der Waals surface area contributed by atoms with E-state index in [1.54, 1.807) is 12.4 Å². The number of ether oxygens (including phenoxy) is 1. The second kappa shape index (κ2) is 4.65. The van der Waals surface area contributed by atoms with E-state index in [4.69, 9.17) is 4.74 Å². The maximum Gasteiger partial charge on any atom is 0.319 e. The molecule has 4 heteroatoms. The molecule has 1 atom stereocenters. The Morgan fingerprint density at radius 1 is 1.59 bits per heavy atom. The molecular weight excluding hydrogens is 218 g/mol. The first-order valence-electron chi connectivity index (χ1n) is 5.72. The number of esters is 1. The molecular formula is C13H15NO3. The Bertz CT molecular complexity index is 430. The number of aromatic nitrogens is 1. The molecule has 1 fully saturated rings. The van der Waals surface area contributed by atoms with E-state index in [1.165, 1.54) is 6.92 Å². The number of aryl methyl sites for hydroxylation is 1. The van der Waals surface area contributed by atoms with Crippen LogP contribution in [0.1, 0.15) is 25.3 Å². The zero-order valence-electron chi connectivity index (χ0n) is 9.81. The Morgan fingerprint density at radius 3 is 2.94 bits per heavy atom. The van der Waals surface area contributed by atoms with Crippen LogP contribution < -0.4 is 0 Å². The van der Waals surface area contributed by atoms with E-state index >= 15 is 0 Å². The molecule has 1 saturated heterocycles. The third-order valence-corrected chi connectivity index (χ3v) is 3.39. The molecule has 2 rings (SSSR count). The number of hydrogen-bond acceptors (Lipinski definition) is 4. The van der Waals surface area contributed by atoms with Crippen molar-refractivity contribution in [2.24, 2.45) is 5.41 Å². The maximum absolute atomic E-state index is 11.7. The fourth-order valence-corrected chi connectivity index (χ4v) is 2.18. The molecule has 4 nitrogen and oxygen atoms in total. The van der Waals surface area contributed by atoms with Gasteiger partial charge in [0.2, 0.25) is 0 Å². The highest BCUT2D eigenvalue weighted by molar-refractivity contribution is 6.03. The lowest BCUT2D eigenvalue weighted by molar-refractivity contribution is -0.151. The molecule has 90 valence electrons. The molecule has 2 heterocycles. The van der Waals surface area contributed by atoms with Crippen LogP contribution in [0.3, 0.4) is 0 Å². The van der Waals surface area contributed by atoms with Crippen LogP contribution >= 0.6 is 0 Å². The van der Waals surface area contributed by atoms with Gasteiger partial charge in [-0.3, -0.25) is 14.6 Å². The van der Waals surface area contributed by atoms with Crippen molar-refractivity contribution < 1.29 is 14.3 Å². The van der Waals surface area contributed by atoms with Crippen LogP contribution in [0.15, 0.2) is 24.5 Å². The highest BCUT2D eigenvalue weighted by Crippen LogP contribution is 2.35. The number of ketones is 1. The summed E-state index contributed by atoms with van der Waals surface area (Å²) in [6, 6.07) is 3.80. The van der Waals surface area contributed by atoms with Gasteiger partial charge in [0.15, 0.2) is 0 Å². The summed E-state index contributed by atoms with van der Waals surface area (Å²) in [5, 5.41) is 0. The topological polar surface area (TPSA) is 56.3 Å². The first kappa shape index (κ1) is 11.8. The molecule has 0 aliphatic carbocycles. The summed E-state index contributed by atoms with van der Waals surface area (Å²) < 4.78 is 4.94. The van der Waals surface area contributed by atoms with Crippen molar-refractivity contribution in [2.75, 3.05) is 6.61 Å². The van der Waals surface area contributed by atoms with E-state index in [0.29, 0.717) is 25.9 Å². The average molecular weight is 233 g/mol. The standard InChI is InChI=1S/C13H15NO3/c1-10(15)13(6-8-17-12(13)16)5-4-11-3-2-7-14-9-11/h2-3,7,9H,4-6,8H2,1H3. The Hall–Kier alpha value is -1.71. The smallest absolute Gasteiger partial charge is 0.319 e. The molecule has 17 heavy (non-hydrogen) atoms. The van der Waals surface area contributed by atoms with Crippen molar-refractivity contribution in [3.8, 4) is 0 Å². The second-order valence-corrected chi connectivity index (χ2v) is 4.39. The monoisotopic (exact) mass is 233 g/mol. The van der Waals surface area contributed by atoms with Crippen molar-refractivity contribution in [1.29, 1.82) is 0 Å². The third kappa shape index (κ3) is 2.20. The fraction of sp³-hybridized carbons (Fsp3) is 0.462. The zero-order valence-corrected chi connectivity index (χ0v) is 9.81. The van der Waals surface area contributed by atoms with E-state index in [9.17, 15) is 9.59 Å². The molecule has 0 radical (unpaired) electrons. The van der Waals surface area contributed by atoms with E-state index in [0.717, 1.165) is 5.56 Å². The molecule has 0 aromatic carbocycles. The van der Waals surface area contributed by atoms with Gasteiger partial charge in [-0.05, 0) is 31.4 Å². The lowest BCUT2D eigenvalue weighted by Crippen LogP contribution is -2.34. The summed E-state index contributed by atoms with van der Waals surface area (Å²) in [6.45, 7) is 1.82. The summed E-state index contributed by atoms with van der Waals surface area (Å²) in [6.07, 6.45) is 5.14. The highest BCUT2D eigenvalue weighted by Gasteiger charge is 2.48. The van der Waals surface area contributed by atoms with Crippen LogP contribution in [-0.2, 0) is 20.7 Å². The van der Waals surface area contributed by atoms with Gasteiger partial charge in [-0.25, -0.2) is 0 Å². The number of pyridine rings is 1. The van der Waals surface area contributed by atoms with E-state index < -0.39 is 5.41 Å². The maximum atomic E-state index is 11.7. The fourth-order valence-electron chi connectivity index (χ4n) is 2.18. The summed E-state index contributed by atoms with van der Waals surface area (Å²) in [4.78, 5) is 27.4. The van der Waals surface area contributed by atoms with Crippen LogP contribution in [0.25, 0.3) is 0 Å². The third-order valence-electron chi connectivity index (χ3n) is 3.39. The van der Waals surface area contributed by atoms with Crippen molar-refractivity contribution >= 4 is 11.8 Å². The summed E-state index contributed by atoms with van der Waals surface area (Å²) in [5.74, 6) is -0.460. The average Bonchev–Trinajstić information content (AvgIpc) is 2.71. The van der Waals surface area contributed by atoms with Crippen molar-refractivity contribution in [1.82, 2.24) is 4.98 Å². The molecule has 1 unspecified atom stereocenters. The SMILES string of the molecule is CC(=O)C1(CCc2cccnc2)CCOC1=O. The minimum absolute atomic E-state index is 0.0936. The molecule has 1 aliphatic heterocycles. The molecule has 0 saturated carbocycles. The van der Waals surface area contributed by atoms with Crippen molar-refractivity contribution in [2.45, 2.75) is 26.2 Å². The molecule has 0 amide bonds. The number of rotatable bonds is 4. The predicted molar refractivity (Wildman–Crippen MR) is 61.2 cm³/mol. The minimum Gasteiger partial charge on any atom is -0.465 e. The lowest BCUT2D eigenvalue weighted by atomic mass is 9.78. The number of nitrogens with zero attached hydrogens (tertiary/aromatic N) is 1. The van der Waals surface area contributed by atoms with Gasteiger partial charge in [-0.15, -0.1) is 0 Å². The highest BCUT2D eigenvalue weighted by atomic mass is 16.5. The van der Waals surface area contributed by atoms with Gasteiger partial charge in [-0.1, -0.05) is 6.07 Å². The summed E-state index contributed by atoms with van der Waals surface area (Å²) >= 11 is 0. The Balaban J connectivity index is 2.10. The number of hydrogen-bond donors (Lipinski definition) is 0. The van der Waals surface area contributed by atoms with Gasteiger partial charge in [0, 0.05) is 18.8 Å². The van der Waals surface area contributed by atoms with Crippen molar-refractivity contribution in [3.05, 3.63) is 30.1 Å². The number of cyclic esters (lactones) is 1. The van der Waals surface area contributed by atoms with Crippen LogP contribution in [-0.4, -0.2) is 23.3 Å². The van der Waals surface area contributed by atoms with Crippen LogP contribution in [0, 0.1) is 5.41 Å². The number of carbonyl (C=O) groups excluding carboxylic acids is 2. The summed E-state index contributed by atoms with van der Waals surface area (Å²) in [7, 11) is 0. The van der Waals surface area contributed by atoms with Gasteiger partial charge >= 0.3 is 5.97 Å². The number of Topliss-reactive ketones (excluding diaryl/α,β-unsaturated/α-hetero) is 1. The molecule has 1 aliphatic rings. The predicted octanol–water partition coefficient (Wildman–Crippen LogP) is 1.54. The normalized spacial score (nSPS) is 23.5. The zero-order chi connectivity index (χ0) is 12.3. The lowest BCUT2D eigenvalue weighted by Gasteiger charge is -2.20.